The van der Waals surface area contributed by atoms with Crippen LogP contribution in [0.5, 0.6) is 11.5 Å². The monoisotopic (exact) mass is 454 g/mol. The first-order valence-corrected chi connectivity index (χ1v) is 11.4. The van der Waals surface area contributed by atoms with Crippen molar-refractivity contribution in [3.63, 3.8) is 0 Å². The Morgan fingerprint density at radius 1 is 0.906 bits per heavy atom. The number of hydrogen-bond donors (Lipinski definition) is 1. The van der Waals surface area contributed by atoms with Crippen molar-refractivity contribution in [2.75, 3.05) is 25.1 Å². The van der Waals surface area contributed by atoms with E-state index in [-0.39, 0.29) is 18.0 Å². The lowest BCUT2D eigenvalue weighted by Gasteiger charge is -2.24. The fourth-order valence-corrected chi connectivity index (χ4v) is 4.55. The number of rotatable bonds is 9. The van der Waals surface area contributed by atoms with Gasteiger partial charge >= 0.3 is 0 Å². The summed E-state index contributed by atoms with van der Waals surface area (Å²) < 4.78 is 38.4. The lowest BCUT2D eigenvalue weighted by Crippen LogP contribution is -2.40. The lowest BCUT2D eigenvalue weighted by molar-refractivity contribution is -0.119. The molecular formula is C24H26N2O5S. The number of amides is 1. The Bertz CT molecular complexity index is 1160. The van der Waals surface area contributed by atoms with Crippen molar-refractivity contribution in [1.29, 1.82) is 0 Å². The number of carbonyl (C=O) groups excluding carboxylic acids is 1. The first kappa shape index (κ1) is 23.1. The van der Waals surface area contributed by atoms with E-state index in [9.17, 15) is 13.2 Å². The van der Waals surface area contributed by atoms with E-state index < -0.39 is 15.9 Å². The number of benzene rings is 3. The fraction of sp³-hybridized carbons (Fsp3) is 0.208. The van der Waals surface area contributed by atoms with E-state index in [4.69, 9.17) is 9.47 Å². The molecule has 0 unspecified atom stereocenters. The summed E-state index contributed by atoms with van der Waals surface area (Å²) >= 11 is 0. The molecule has 7 nitrogen and oxygen atoms in total. The van der Waals surface area contributed by atoms with Gasteiger partial charge in [0.2, 0.25) is 5.91 Å². The van der Waals surface area contributed by atoms with Crippen LogP contribution in [0, 0.1) is 6.92 Å². The summed E-state index contributed by atoms with van der Waals surface area (Å²) in [6, 6.07) is 20.4. The number of methoxy groups -OCH3 is 2. The van der Waals surface area contributed by atoms with Gasteiger partial charge in [-0.1, -0.05) is 35.9 Å². The average Bonchev–Trinajstić information content (AvgIpc) is 2.81. The Labute approximate surface area is 188 Å². The van der Waals surface area contributed by atoms with Gasteiger partial charge in [0.1, 0.15) is 18.0 Å². The van der Waals surface area contributed by atoms with Crippen molar-refractivity contribution >= 4 is 21.6 Å². The minimum atomic E-state index is -3.97. The minimum Gasteiger partial charge on any atom is -0.497 e. The van der Waals surface area contributed by atoms with E-state index in [2.05, 4.69) is 5.32 Å². The van der Waals surface area contributed by atoms with Crippen LogP contribution in [0.3, 0.4) is 0 Å². The maximum Gasteiger partial charge on any atom is 0.264 e. The summed E-state index contributed by atoms with van der Waals surface area (Å²) in [5, 5.41) is 2.78. The molecule has 0 bridgehead atoms. The van der Waals surface area contributed by atoms with E-state index in [0.717, 1.165) is 15.4 Å². The largest absolute Gasteiger partial charge is 0.497 e. The molecule has 3 aromatic rings. The van der Waals surface area contributed by atoms with Crippen LogP contribution in [0.1, 0.15) is 11.1 Å². The number of anilines is 1. The number of carbonyl (C=O) groups is 1. The van der Waals surface area contributed by atoms with Crippen molar-refractivity contribution in [3.8, 4) is 11.5 Å². The fourth-order valence-electron chi connectivity index (χ4n) is 3.13. The Hall–Kier alpha value is -3.52. The zero-order chi connectivity index (χ0) is 23.1. The zero-order valence-corrected chi connectivity index (χ0v) is 19.1. The van der Waals surface area contributed by atoms with Crippen LogP contribution in [0.2, 0.25) is 0 Å². The summed E-state index contributed by atoms with van der Waals surface area (Å²) in [7, 11) is -0.890. The molecule has 0 saturated carbocycles. The van der Waals surface area contributed by atoms with Crippen molar-refractivity contribution in [2.24, 2.45) is 0 Å². The van der Waals surface area contributed by atoms with Gasteiger partial charge < -0.3 is 14.8 Å². The van der Waals surface area contributed by atoms with E-state index >= 15 is 0 Å². The molecule has 168 valence electrons. The third-order valence-electron chi connectivity index (χ3n) is 4.93. The summed E-state index contributed by atoms with van der Waals surface area (Å²) in [6.45, 7) is 1.71. The summed E-state index contributed by atoms with van der Waals surface area (Å²) in [4.78, 5) is 12.9. The second-order valence-corrected chi connectivity index (χ2v) is 8.97. The Balaban J connectivity index is 1.86. The van der Waals surface area contributed by atoms with E-state index in [1.54, 1.807) is 49.6 Å². The highest BCUT2D eigenvalue weighted by Crippen LogP contribution is 2.26. The highest BCUT2D eigenvalue weighted by Gasteiger charge is 2.27. The van der Waals surface area contributed by atoms with Crippen molar-refractivity contribution < 1.29 is 22.7 Å². The molecule has 0 fully saturated rings. The topological polar surface area (TPSA) is 84.9 Å². The predicted octanol–water partition coefficient (Wildman–Crippen LogP) is 3.52. The molecule has 0 aliphatic rings. The minimum absolute atomic E-state index is 0.108. The number of ether oxygens (including phenoxy) is 2. The second-order valence-electron chi connectivity index (χ2n) is 7.11. The van der Waals surface area contributed by atoms with Crippen LogP contribution < -0.4 is 19.1 Å². The number of hydrogen-bond acceptors (Lipinski definition) is 5. The van der Waals surface area contributed by atoms with Crippen LogP contribution in [0.15, 0.2) is 77.7 Å². The van der Waals surface area contributed by atoms with Crippen molar-refractivity contribution in [1.82, 2.24) is 5.32 Å². The smallest absolute Gasteiger partial charge is 0.264 e. The SMILES string of the molecule is COc1ccc(N(CC(=O)NCc2ccccc2OC)S(=O)(=O)c2ccc(C)cc2)cc1. The van der Waals surface area contributed by atoms with Crippen LogP contribution in [0.25, 0.3) is 0 Å². The van der Waals surface area contributed by atoms with Gasteiger partial charge in [-0.05, 0) is 49.4 Å². The first-order chi connectivity index (χ1) is 15.3. The molecule has 0 aromatic heterocycles. The van der Waals surface area contributed by atoms with Gasteiger partial charge in [-0.2, -0.15) is 0 Å². The van der Waals surface area contributed by atoms with Crippen molar-refractivity contribution in [2.45, 2.75) is 18.4 Å². The summed E-state index contributed by atoms with van der Waals surface area (Å²) in [5.41, 5.74) is 2.09. The highest BCUT2D eigenvalue weighted by molar-refractivity contribution is 7.92. The number of para-hydroxylation sites is 1. The molecule has 0 aliphatic heterocycles. The number of nitrogens with one attached hydrogen (secondary N) is 1. The third kappa shape index (κ3) is 5.39. The molecule has 3 aromatic carbocycles. The van der Waals surface area contributed by atoms with Gasteiger partial charge in [0.05, 0.1) is 24.8 Å². The van der Waals surface area contributed by atoms with Gasteiger partial charge in [0.25, 0.3) is 10.0 Å². The predicted molar refractivity (Wildman–Crippen MR) is 124 cm³/mol. The summed E-state index contributed by atoms with van der Waals surface area (Å²) in [5.74, 6) is 0.788. The molecule has 0 aliphatic carbocycles. The van der Waals surface area contributed by atoms with E-state index in [0.29, 0.717) is 17.2 Å². The number of aryl methyl sites for hydroxylation is 1. The van der Waals surface area contributed by atoms with Gasteiger partial charge in [-0.25, -0.2) is 8.42 Å². The maximum absolute atomic E-state index is 13.4. The molecule has 0 heterocycles. The lowest BCUT2D eigenvalue weighted by atomic mass is 10.2. The molecule has 1 N–H and O–H groups in total. The summed E-state index contributed by atoms with van der Waals surface area (Å²) in [6.07, 6.45) is 0. The van der Waals surface area contributed by atoms with Gasteiger partial charge in [-0.15, -0.1) is 0 Å². The van der Waals surface area contributed by atoms with Crippen molar-refractivity contribution in [3.05, 3.63) is 83.9 Å². The molecular weight excluding hydrogens is 428 g/mol. The van der Waals surface area contributed by atoms with E-state index in [1.807, 2.05) is 25.1 Å². The molecule has 0 radical (unpaired) electrons. The Kier molecular flexibility index (Phi) is 7.37. The molecule has 0 saturated heterocycles. The molecule has 0 atom stereocenters. The highest BCUT2D eigenvalue weighted by atomic mass is 32.2. The standard InChI is InChI=1S/C24H26N2O5S/c1-18-8-14-22(15-9-18)32(28,29)26(20-10-12-21(30-2)13-11-20)17-24(27)25-16-19-6-4-5-7-23(19)31-3/h4-15H,16-17H2,1-3H3,(H,25,27). The van der Waals surface area contributed by atoms with Gasteiger partial charge in [0, 0.05) is 12.1 Å². The van der Waals surface area contributed by atoms with Gasteiger partial charge in [-0.3, -0.25) is 9.10 Å². The molecule has 8 heteroatoms. The zero-order valence-electron chi connectivity index (χ0n) is 18.2. The molecule has 32 heavy (non-hydrogen) atoms. The molecule has 3 rings (SSSR count). The van der Waals surface area contributed by atoms with Crippen LogP contribution in [0.4, 0.5) is 5.69 Å². The Morgan fingerprint density at radius 2 is 1.56 bits per heavy atom. The number of nitrogens with zero attached hydrogens (tertiary/aromatic N) is 1. The van der Waals surface area contributed by atoms with Crippen LogP contribution >= 0.6 is 0 Å². The molecule has 0 spiro atoms. The quantitative estimate of drug-likeness (QED) is 0.535. The Morgan fingerprint density at radius 3 is 2.19 bits per heavy atom. The maximum atomic E-state index is 13.4. The van der Waals surface area contributed by atoms with Crippen LogP contribution in [-0.2, 0) is 21.4 Å². The third-order valence-corrected chi connectivity index (χ3v) is 6.71. The van der Waals surface area contributed by atoms with Gasteiger partial charge in [0.15, 0.2) is 0 Å². The van der Waals surface area contributed by atoms with E-state index in [1.165, 1.54) is 19.2 Å². The molecule has 1 amide bonds. The second kappa shape index (κ2) is 10.2. The normalized spacial score (nSPS) is 11.0. The van der Waals surface area contributed by atoms with Crippen LogP contribution in [-0.4, -0.2) is 35.1 Å². The number of sulfonamides is 1. The average molecular weight is 455 g/mol. The first-order valence-electron chi connectivity index (χ1n) is 9.97.